The summed E-state index contributed by atoms with van der Waals surface area (Å²) in [5, 5.41) is 12.8. The molecule has 38 heavy (non-hydrogen) atoms. The molecule has 0 atom stereocenters. The lowest BCUT2D eigenvalue weighted by Crippen LogP contribution is -2.77. The Bertz CT molecular complexity index is 1260. The zero-order chi connectivity index (χ0) is 27.1. The second-order valence-corrected chi connectivity index (χ2v) is 14.6. The van der Waals surface area contributed by atoms with E-state index in [1.807, 2.05) is 0 Å². The van der Waals surface area contributed by atoms with Gasteiger partial charge < -0.3 is 15.0 Å². The summed E-state index contributed by atoms with van der Waals surface area (Å²) in [6, 6.07) is 9.26. The van der Waals surface area contributed by atoms with Gasteiger partial charge in [-0.2, -0.15) is 0 Å². The van der Waals surface area contributed by atoms with Crippen LogP contribution in [0.5, 0.6) is 0 Å². The van der Waals surface area contributed by atoms with Crippen LogP contribution in [0, 0.1) is 18.3 Å². The highest BCUT2D eigenvalue weighted by Gasteiger charge is 2.72. The number of hydrogen-bond donors (Lipinski definition) is 2. The molecule has 2 N–H and O–H groups in total. The van der Waals surface area contributed by atoms with Gasteiger partial charge >= 0.3 is 5.97 Å². The third-order valence-corrected chi connectivity index (χ3v) is 10.4. The van der Waals surface area contributed by atoms with Crippen molar-refractivity contribution in [1.29, 1.82) is 0 Å². The van der Waals surface area contributed by atoms with Gasteiger partial charge in [-0.25, -0.2) is 0 Å². The predicted octanol–water partition coefficient (Wildman–Crippen LogP) is 7.13. The normalized spacial score (nSPS) is 27.8. The molecule has 5 nitrogen and oxygen atoms in total. The van der Waals surface area contributed by atoms with Crippen molar-refractivity contribution in [3.63, 3.8) is 0 Å². The summed E-state index contributed by atoms with van der Waals surface area (Å²) in [4.78, 5) is 25.2. The second kappa shape index (κ2) is 8.47. The fraction of sp³-hybridized carbons (Fsp3) is 0.636. The standard InChI is InChI=1S/C33H44N2O3/c1-21-26(28(36)34-33-18-32(19-33,20-33)29(37)38)16-27(35(21)17-22-9-7-6-8-10-22)23-13-24(30(2,3)4)15-25(14-23)31(5)11-12-31/h13-16,22H,6-12,17-20H2,1-5H3,(H,34,36)(H,37,38). The van der Waals surface area contributed by atoms with Crippen LogP contribution in [0.2, 0.25) is 0 Å². The minimum atomic E-state index is -0.718. The minimum absolute atomic E-state index is 0.0380. The molecular formula is C33H44N2O3. The first-order valence-electron chi connectivity index (χ1n) is 14.8. The topological polar surface area (TPSA) is 71.3 Å². The summed E-state index contributed by atoms with van der Waals surface area (Å²) >= 11 is 0. The van der Waals surface area contributed by atoms with Gasteiger partial charge in [-0.3, -0.25) is 9.59 Å². The van der Waals surface area contributed by atoms with E-state index in [0.717, 1.165) is 23.5 Å². The molecule has 5 fully saturated rings. The van der Waals surface area contributed by atoms with Crippen molar-refractivity contribution in [1.82, 2.24) is 9.88 Å². The largest absolute Gasteiger partial charge is 0.481 e. The quantitative estimate of drug-likeness (QED) is 0.411. The lowest BCUT2D eigenvalue weighted by atomic mass is 9.39. The number of carboxylic acid groups (broad SMARTS) is 1. The Balaban J connectivity index is 1.38. The fourth-order valence-corrected chi connectivity index (χ4v) is 7.47. The van der Waals surface area contributed by atoms with Gasteiger partial charge in [-0.05, 0) is 104 Å². The molecule has 0 spiro atoms. The minimum Gasteiger partial charge on any atom is -0.481 e. The van der Waals surface area contributed by atoms with Crippen LogP contribution >= 0.6 is 0 Å². The predicted molar refractivity (Wildman–Crippen MR) is 151 cm³/mol. The summed E-state index contributed by atoms with van der Waals surface area (Å²) in [5.41, 5.74) is 6.28. The van der Waals surface area contributed by atoms with Crippen LogP contribution in [0.3, 0.4) is 0 Å². The summed E-state index contributed by atoms with van der Waals surface area (Å²) in [7, 11) is 0. The maximum absolute atomic E-state index is 13.7. The van der Waals surface area contributed by atoms with Gasteiger partial charge in [0.25, 0.3) is 5.91 Å². The SMILES string of the molecule is Cc1c(C(=O)NC23CC(C(=O)O)(C2)C3)cc(-c2cc(C(C)(C)C)cc(C3(C)CC3)c2)n1CC1CCCCC1. The number of nitrogens with zero attached hydrogens (tertiary/aromatic N) is 1. The maximum atomic E-state index is 13.7. The monoisotopic (exact) mass is 516 g/mol. The Morgan fingerprint density at radius 3 is 2.26 bits per heavy atom. The van der Waals surface area contributed by atoms with E-state index in [0.29, 0.717) is 25.2 Å². The number of rotatable bonds is 7. The molecule has 1 aromatic heterocycles. The molecule has 1 amide bonds. The Hall–Kier alpha value is -2.56. The Morgan fingerprint density at radius 1 is 1.03 bits per heavy atom. The molecule has 5 aliphatic carbocycles. The van der Waals surface area contributed by atoms with Gasteiger partial charge in [0, 0.05) is 23.5 Å². The summed E-state index contributed by atoms with van der Waals surface area (Å²) < 4.78 is 2.42. The van der Waals surface area contributed by atoms with Crippen molar-refractivity contribution in [2.24, 2.45) is 11.3 Å². The van der Waals surface area contributed by atoms with E-state index in [1.54, 1.807) is 0 Å². The summed E-state index contributed by atoms with van der Waals surface area (Å²) in [5.74, 6) is -0.125. The molecule has 7 rings (SSSR count). The van der Waals surface area contributed by atoms with Crippen molar-refractivity contribution in [2.75, 3.05) is 0 Å². The molecule has 2 bridgehead atoms. The summed E-state index contributed by atoms with van der Waals surface area (Å²) in [6.07, 6.45) is 10.6. The van der Waals surface area contributed by atoms with E-state index >= 15 is 0 Å². The zero-order valence-electron chi connectivity index (χ0n) is 23.9. The van der Waals surface area contributed by atoms with Crippen molar-refractivity contribution >= 4 is 11.9 Å². The molecule has 5 aliphatic rings. The van der Waals surface area contributed by atoms with Crippen LogP contribution in [0.4, 0.5) is 0 Å². The number of hydrogen-bond acceptors (Lipinski definition) is 2. The average molecular weight is 517 g/mol. The number of amides is 1. The van der Waals surface area contributed by atoms with E-state index in [2.05, 4.69) is 68.8 Å². The van der Waals surface area contributed by atoms with Crippen LogP contribution in [0.25, 0.3) is 11.3 Å². The molecule has 1 aromatic carbocycles. The van der Waals surface area contributed by atoms with Crippen molar-refractivity contribution in [2.45, 2.75) is 122 Å². The Morgan fingerprint density at radius 2 is 1.68 bits per heavy atom. The van der Waals surface area contributed by atoms with Crippen LogP contribution in [0.1, 0.15) is 119 Å². The highest BCUT2D eigenvalue weighted by atomic mass is 16.4. The van der Waals surface area contributed by atoms with E-state index in [1.165, 1.54) is 61.6 Å². The number of aliphatic carboxylic acids is 1. The van der Waals surface area contributed by atoms with Crippen LogP contribution < -0.4 is 5.32 Å². The molecule has 5 heteroatoms. The number of aromatic nitrogens is 1. The van der Waals surface area contributed by atoms with Crippen molar-refractivity contribution in [3.05, 3.63) is 46.6 Å². The lowest BCUT2D eigenvalue weighted by molar-refractivity contribution is -0.196. The van der Waals surface area contributed by atoms with E-state index in [9.17, 15) is 14.7 Å². The maximum Gasteiger partial charge on any atom is 0.309 e. The highest BCUT2D eigenvalue weighted by Crippen LogP contribution is 2.67. The number of carbonyl (C=O) groups is 2. The lowest BCUT2D eigenvalue weighted by Gasteiger charge is -2.67. The van der Waals surface area contributed by atoms with Crippen LogP contribution in [-0.2, 0) is 22.2 Å². The number of benzene rings is 1. The molecule has 204 valence electrons. The first kappa shape index (κ1) is 25.7. The molecular weight excluding hydrogens is 472 g/mol. The van der Waals surface area contributed by atoms with Crippen LogP contribution in [0.15, 0.2) is 24.3 Å². The third-order valence-electron chi connectivity index (χ3n) is 10.4. The second-order valence-electron chi connectivity index (χ2n) is 14.6. The highest BCUT2D eigenvalue weighted by molar-refractivity contribution is 5.98. The van der Waals surface area contributed by atoms with Gasteiger partial charge in [0.05, 0.1) is 11.0 Å². The average Bonchev–Trinajstić information content (AvgIpc) is 3.49. The number of carbonyl (C=O) groups excluding carboxylic acids is 1. The first-order valence-corrected chi connectivity index (χ1v) is 14.8. The fourth-order valence-electron chi connectivity index (χ4n) is 7.47. The Kier molecular flexibility index (Phi) is 5.73. The van der Waals surface area contributed by atoms with Gasteiger partial charge in [0.15, 0.2) is 0 Å². The third kappa shape index (κ3) is 4.21. The van der Waals surface area contributed by atoms with Gasteiger partial charge in [-0.15, -0.1) is 0 Å². The Labute approximate surface area is 227 Å². The van der Waals surface area contributed by atoms with Crippen molar-refractivity contribution < 1.29 is 14.7 Å². The van der Waals surface area contributed by atoms with Crippen molar-refractivity contribution in [3.8, 4) is 11.3 Å². The van der Waals surface area contributed by atoms with E-state index in [-0.39, 0.29) is 22.3 Å². The van der Waals surface area contributed by atoms with Gasteiger partial charge in [-0.1, -0.05) is 53.0 Å². The zero-order valence-corrected chi connectivity index (χ0v) is 23.9. The molecule has 0 radical (unpaired) electrons. The van der Waals surface area contributed by atoms with Crippen LogP contribution in [-0.4, -0.2) is 27.1 Å². The number of nitrogens with one attached hydrogen (secondary N) is 1. The molecule has 1 heterocycles. The van der Waals surface area contributed by atoms with E-state index in [4.69, 9.17) is 0 Å². The molecule has 0 saturated heterocycles. The number of carboxylic acids is 1. The van der Waals surface area contributed by atoms with Gasteiger partial charge in [0.2, 0.25) is 0 Å². The first-order chi connectivity index (χ1) is 17.8. The molecule has 5 saturated carbocycles. The molecule has 0 aliphatic heterocycles. The summed E-state index contributed by atoms with van der Waals surface area (Å²) in [6.45, 7) is 12.3. The van der Waals surface area contributed by atoms with E-state index < -0.39 is 11.4 Å². The smallest absolute Gasteiger partial charge is 0.309 e. The molecule has 2 aromatic rings. The van der Waals surface area contributed by atoms with Gasteiger partial charge in [0.1, 0.15) is 0 Å². The molecule has 0 unspecified atom stereocenters.